The third-order valence-corrected chi connectivity index (χ3v) is 2.24. The lowest BCUT2D eigenvalue weighted by Gasteiger charge is -2.07. The molecule has 3 N–H and O–H groups in total. The number of carbonyl (C=O) groups is 1. The van der Waals surface area contributed by atoms with Crippen molar-refractivity contribution >= 4 is 5.97 Å². The molecule has 0 aromatic heterocycles. The Morgan fingerprint density at radius 1 is 1.46 bits per heavy atom. The van der Waals surface area contributed by atoms with Crippen LogP contribution in [0.4, 0.5) is 0 Å². The highest BCUT2D eigenvalue weighted by Crippen LogP contribution is 2.15. The lowest BCUT2D eigenvalue weighted by molar-refractivity contribution is 0.0696. The van der Waals surface area contributed by atoms with Gasteiger partial charge in [-0.15, -0.1) is 0 Å². The first kappa shape index (κ1) is 9.74. The summed E-state index contributed by atoms with van der Waals surface area (Å²) in [6, 6.07) is 3.29. The van der Waals surface area contributed by atoms with Crippen LogP contribution in [-0.4, -0.2) is 11.1 Å². The minimum absolute atomic E-state index is 0.309. The second-order valence-electron chi connectivity index (χ2n) is 3.09. The third-order valence-electron chi connectivity index (χ3n) is 2.24. The van der Waals surface area contributed by atoms with Crippen LogP contribution >= 0.6 is 0 Å². The largest absolute Gasteiger partial charge is 0.478 e. The Morgan fingerprint density at radius 2 is 2.08 bits per heavy atom. The number of carboxylic acid groups (broad SMARTS) is 1. The van der Waals surface area contributed by atoms with Gasteiger partial charge in [0.05, 0.1) is 5.56 Å². The molecule has 0 saturated carbocycles. The Labute approximate surface area is 77.2 Å². The van der Waals surface area contributed by atoms with E-state index in [1.807, 2.05) is 13.8 Å². The van der Waals surface area contributed by atoms with Gasteiger partial charge in [0.2, 0.25) is 0 Å². The summed E-state index contributed by atoms with van der Waals surface area (Å²) in [5.74, 6) is -0.905. The number of benzene rings is 1. The Morgan fingerprint density at radius 3 is 2.54 bits per heavy atom. The molecule has 0 unspecified atom stereocenters. The Balaban J connectivity index is 3.30. The van der Waals surface area contributed by atoms with Gasteiger partial charge in [-0.2, -0.15) is 0 Å². The van der Waals surface area contributed by atoms with E-state index in [-0.39, 0.29) is 0 Å². The maximum Gasteiger partial charge on any atom is 0.335 e. The second-order valence-corrected chi connectivity index (χ2v) is 3.09. The topological polar surface area (TPSA) is 63.3 Å². The predicted molar refractivity (Wildman–Crippen MR) is 50.8 cm³/mol. The second kappa shape index (κ2) is 3.58. The molecule has 70 valence electrons. The van der Waals surface area contributed by atoms with Gasteiger partial charge < -0.3 is 10.8 Å². The summed E-state index contributed by atoms with van der Waals surface area (Å²) in [4.78, 5) is 10.7. The molecule has 3 nitrogen and oxygen atoms in total. The number of aryl methyl sites for hydroxylation is 1. The van der Waals surface area contributed by atoms with E-state index in [1.54, 1.807) is 12.1 Å². The summed E-state index contributed by atoms with van der Waals surface area (Å²) in [6.07, 6.45) is 0. The molecular formula is C10H13NO2. The lowest BCUT2D eigenvalue weighted by Crippen LogP contribution is -2.05. The maximum absolute atomic E-state index is 10.7. The summed E-state index contributed by atoms with van der Waals surface area (Å²) < 4.78 is 0. The lowest BCUT2D eigenvalue weighted by atomic mass is 10.00. The molecule has 0 aliphatic heterocycles. The minimum atomic E-state index is -0.905. The first-order valence-electron chi connectivity index (χ1n) is 4.09. The zero-order valence-electron chi connectivity index (χ0n) is 7.79. The van der Waals surface area contributed by atoms with Crippen molar-refractivity contribution < 1.29 is 9.90 Å². The van der Waals surface area contributed by atoms with Crippen LogP contribution in [0.15, 0.2) is 12.1 Å². The van der Waals surface area contributed by atoms with Crippen LogP contribution in [0.25, 0.3) is 0 Å². The van der Waals surface area contributed by atoms with Gasteiger partial charge in [-0.1, -0.05) is 0 Å². The molecule has 1 aromatic carbocycles. The fourth-order valence-corrected chi connectivity index (χ4v) is 1.27. The molecule has 0 amide bonds. The van der Waals surface area contributed by atoms with Crippen molar-refractivity contribution in [1.82, 2.24) is 0 Å². The van der Waals surface area contributed by atoms with E-state index in [2.05, 4.69) is 0 Å². The fourth-order valence-electron chi connectivity index (χ4n) is 1.27. The van der Waals surface area contributed by atoms with E-state index in [4.69, 9.17) is 10.8 Å². The van der Waals surface area contributed by atoms with Gasteiger partial charge in [0.25, 0.3) is 0 Å². The van der Waals surface area contributed by atoms with Crippen LogP contribution in [0, 0.1) is 13.8 Å². The van der Waals surface area contributed by atoms with Gasteiger partial charge in [0.15, 0.2) is 0 Å². The van der Waals surface area contributed by atoms with Gasteiger partial charge in [0, 0.05) is 6.54 Å². The van der Waals surface area contributed by atoms with Gasteiger partial charge in [-0.25, -0.2) is 4.79 Å². The van der Waals surface area contributed by atoms with Crippen molar-refractivity contribution in [1.29, 1.82) is 0 Å². The van der Waals surface area contributed by atoms with Crippen molar-refractivity contribution in [2.75, 3.05) is 0 Å². The quantitative estimate of drug-likeness (QED) is 0.722. The van der Waals surface area contributed by atoms with E-state index in [0.29, 0.717) is 12.1 Å². The van der Waals surface area contributed by atoms with Gasteiger partial charge in [0.1, 0.15) is 0 Å². The molecule has 0 atom stereocenters. The monoisotopic (exact) mass is 179 g/mol. The van der Waals surface area contributed by atoms with Crippen molar-refractivity contribution in [3.05, 3.63) is 34.4 Å². The van der Waals surface area contributed by atoms with E-state index >= 15 is 0 Å². The van der Waals surface area contributed by atoms with Crippen LogP contribution in [-0.2, 0) is 6.54 Å². The predicted octanol–water partition coefficient (Wildman–Crippen LogP) is 1.46. The van der Waals surface area contributed by atoms with Crippen molar-refractivity contribution in [3.63, 3.8) is 0 Å². The van der Waals surface area contributed by atoms with E-state index < -0.39 is 5.97 Å². The van der Waals surface area contributed by atoms with Crippen LogP contribution in [0.5, 0.6) is 0 Å². The number of nitrogens with two attached hydrogens (primary N) is 1. The Bertz CT molecular complexity index is 345. The molecule has 3 heteroatoms. The Kier molecular flexibility index (Phi) is 2.68. The van der Waals surface area contributed by atoms with Gasteiger partial charge in [-0.3, -0.25) is 0 Å². The van der Waals surface area contributed by atoms with Crippen LogP contribution < -0.4 is 5.73 Å². The van der Waals surface area contributed by atoms with E-state index in [1.165, 1.54) is 0 Å². The molecule has 0 bridgehead atoms. The Hall–Kier alpha value is -1.35. The first-order valence-corrected chi connectivity index (χ1v) is 4.09. The highest BCUT2D eigenvalue weighted by Gasteiger charge is 2.07. The molecule has 1 rings (SSSR count). The smallest absolute Gasteiger partial charge is 0.335 e. The average Bonchev–Trinajstić information content (AvgIpc) is 2.09. The standard InChI is InChI=1S/C10H13NO2/c1-6-3-8(10(12)13)4-9(5-11)7(6)2/h3-4H,5,11H2,1-2H3,(H,12,13). The number of hydrogen-bond acceptors (Lipinski definition) is 2. The maximum atomic E-state index is 10.7. The SMILES string of the molecule is Cc1cc(C(=O)O)cc(CN)c1C. The minimum Gasteiger partial charge on any atom is -0.478 e. The third kappa shape index (κ3) is 1.87. The summed E-state index contributed by atoms with van der Waals surface area (Å²) in [5.41, 5.74) is 8.75. The number of rotatable bonds is 2. The molecular weight excluding hydrogens is 166 g/mol. The molecule has 0 saturated heterocycles. The van der Waals surface area contributed by atoms with Crippen LogP contribution in [0.1, 0.15) is 27.0 Å². The molecule has 0 heterocycles. The first-order chi connectivity index (χ1) is 6.06. The highest BCUT2D eigenvalue weighted by atomic mass is 16.4. The molecule has 13 heavy (non-hydrogen) atoms. The molecule has 0 aliphatic rings. The zero-order valence-corrected chi connectivity index (χ0v) is 7.79. The number of carboxylic acids is 1. The molecule has 1 aromatic rings. The molecule has 0 fully saturated rings. The van der Waals surface area contributed by atoms with Crippen molar-refractivity contribution in [2.24, 2.45) is 5.73 Å². The molecule has 0 radical (unpaired) electrons. The van der Waals surface area contributed by atoms with Crippen molar-refractivity contribution in [2.45, 2.75) is 20.4 Å². The van der Waals surface area contributed by atoms with Crippen LogP contribution in [0.3, 0.4) is 0 Å². The summed E-state index contributed by atoms with van der Waals surface area (Å²) in [5, 5.41) is 8.78. The number of hydrogen-bond donors (Lipinski definition) is 2. The molecule has 0 spiro atoms. The fraction of sp³-hybridized carbons (Fsp3) is 0.300. The van der Waals surface area contributed by atoms with Gasteiger partial charge >= 0.3 is 5.97 Å². The van der Waals surface area contributed by atoms with E-state index in [9.17, 15) is 4.79 Å². The average molecular weight is 179 g/mol. The summed E-state index contributed by atoms with van der Waals surface area (Å²) >= 11 is 0. The van der Waals surface area contributed by atoms with E-state index in [0.717, 1.165) is 16.7 Å². The van der Waals surface area contributed by atoms with Crippen molar-refractivity contribution in [3.8, 4) is 0 Å². The normalized spacial score (nSPS) is 10.1. The summed E-state index contributed by atoms with van der Waals surface area (Å²) in [6.45, 7) is 4.22. The highest BCUT2D eigenvalue weighted by molar-refractivity contribution is 5.88. The van der Waals surface area contributed by atoms with Crippen LogP contribution in [0.2, 0.25) is 0 Å². The zero-order chi connectivity index (χ0) is 10.0. The summed E-state index contributed by atoms with van der Waals surface area (Å²) in [7, 11) is 0. The molecule has 0 aliphatic carbocycles. The van der Waals surface area contributed by atoms with Gasteiger partial charge in [-0.05, 0) is 42.7 Å². The number of aromatic carboxylic acids is 1.